The van der Waals surface area contributed by atoms with E-state index in [2.05, 4.69) is 0 Å². The quantitative estimate of drug-likeness (QED) is 0.524. The zero-order chi connectivity index (χ0) is 8.57. The van der Waals surface area contributed by atoms with Crippen LogP contribution in [0.3, 0.4) is 0 Å². The summed E-state index contributed by atoms with van der Waals surface area (Å²) in [5, 5.41) is 15.6. The van der Waals surface area contributed by atoms with Crippen LogP contribution in [0, 0.1) is 9.93 Å². The Hall–Kier alpha value is -1.72. The Morgan fingerprint density at radius 3 is 1.20 bits per heavy atom. The molecule has 0 saturated heterocycles. The molecule has 0 rings (SSSR count). The topological polar surface area (TPSA) is 109 Å². The molecule has 10 heavy (non-hydrogen) atoms. The van der Waals surface area contributed by atoms with Crippen LogP contribution in [0.5, 0.6) is 0 Å². The molecule has 0 aliphatic rings. The average Bonchev–Trinajstić information content (AvgIpc) is 1.89. The van der Waals surface area contributed by atoms with E-state index in [9.17, 15) is 9.59 Å². The first-order valence-electron chi connectivity index (χ1n) is 1.93. The SMILES string of the molecule is O=C(O)C=CC(=O)O.O=O. The maximum Gasteiger partial charge on any atom is 0.328 e. The number of hydrogen-bond donors (Lipinski definition) is 2. The summed E-state index contributed by atoms with van der Waals surface area (Å²) in [7, 11) is 0. The molecule has 0 aliphatic heterocycles. The van der Waals surface area contributed by atoms with Crippen molar-refractivity contribution in [3.63, 3.8) is 0 Å². The van der Waals surface area contributed by atoms with Crippen LogP contribution in [0.25, 0.3) is 0 Å². The summed E-state index contributed by atoms with van der Waals surface area (Å²) in [5.41, 5.74) is 0. The van der Waals surface area contributed by atoms with Gasteiger partial charge in [-0.05, 0) is 0 Å². The standard InChI is InChI=1S/C4H4O4.O2/c5-3(6)1-2-4(7)8;1-2/h1-2H,(H,5,6)(H,7,8);. The third-order valence-electron chi connectivity index (χ3n) is 0.368. The van der Waals surface area contributed by atoms with Crippen LogP contribution in [-0.4, -0.2) is 22.2 Å². The summed E-state index contributed by atoms with van der Waals surface area (Å²) in [4.78, 5) is 33.1. The number of carboxylic acids is 2. The highest BCUT2D eigenvalue weighted by Gasteiger charge is 1.88. The van der Waals surface area contributed by atoms with E-state index in [-0.39, 0.29) is 0 Å². The predicted octanol–water partition coefficient (Wildman–Crippen LogP) is -0.221. The van der Waals surface area contributed by atoms with E-state index in [1.54, 1.807) is 0 Å². The Labute approximate surface area is 55.0 Å². The second-order valence-electron chi connectivity index (χ2n) is 1.01. The van der Waals surface area contributed by atoms with Crippen LogP contribution >= 0.6 is 0 Å². The molecule has 0 bridgehead atoms. The van der Waals surface area contributed by atoms with Crippen LogP contribution in [-0.2, 0) is 9.59 Å². The monoisotopic (exact) mass is 148 g/mol. The highest BCUT2D eigenvalue weighted by Crippen LogP contribution is 1.70. The molecule has 0 aromatic heterocycles. The fourth-order valence-corrected chi connectivity index (χ4v) is 0.143. The van der Waals surface area contributed by atoms with Crippen LogP contribution in [0.15, 0.2) is 12.2 Å². The van der Waals surface area contributed by atoms with Gasteiger partial charge in [0.05, 0.1) is 0 Å². The van der Waals surface area contributed by atoms with Gasteiger partial charge in [-0.3, -0.25) is 0 Å². The van der Waals surface area contributed by atoms with Crippen molar-refractivity contribution >= 4 is 11.9 Å². The van der Waals surface area contributed by atoms with E-state index in [1.807, 2.05) is 0 Å². The molecule has 0 aromatic carbocycles. The van der Waals surface area contributed by atoms with Crippen molar-refractivity contribution in [1.29, 1.82) is 0 Å². The molecule has 0 radical (unpaired) electrons. The van der Waals surface area contributed by atoms with Gasteiger partial charge in [0.15, 0.2) is 0 Å². The Morgan fingerprint density at radius 2 is 1.10 bits per heavy atom. The summed E-state index contributed by atoms with van der Waals surface area (Å²) in [5.74, 6) is -2.51. The second kappa shape index (κ2) is 7.28. The van der Waals surface area contributed by atoms with Gasteiger partial charge in [-0.15, -0.1) is 0 Å². The average molecular weight is 148 g/mol. The molecule has 6 heteroatoms. The molecule has 6 nitrogen and oxygen atoms in total. The Bertz CT molecular complexity index is 132. The van der Waals surface area contributed by atoms with Crippen molar-refractivity contribution in [1.82, 2.24) is 0 Å². The zero-order valence-electron chi connectivity index (χ0n) is 4.68. The first kappa shape index (κ1) is 11.1. The van der Waals surface area contributed by atoms with Crippen molar-refractivity contribution in [3.05, 3.63) is 22.1 Å². The van der Waals surface area contributed by atoms with E-state index in [0.717, 1.165) is 0 Å². The summed E-state index contributed by atoms with van der Waals surface area (Å²) < 4.78 is 0. The van der Waals surface area contributed by atoms with E-state index in [4.69, 9.17) is 20.1 Å². The van der Waals surface area contributed by atoms with Gasteiger partial charge in [-0.1, -0.05) is 0 Å². The smallest absolute Gasteiger partial charge is 0.328 e. The van der Waals surface area contributed by atoms with Crippen LogP contribution in [0.1, 0.15) is 0 Å². The maximum absolute atomic E-state index is 9.55. The third-order valence-corrected chi connectivity index (χ3v) is 0.368. The summed E-state index contributed by atoms with van der Waals surface area (Å²) >= 11 is 0. The fraction of sp³-hybridized carbons (Fsp3) is 0. The number of aliphatic carboxylic acids is 2. The van der Waals surface area contributed by atoms with Crippen LogP contribution in [0.4, 0.5) is 0 Å². The molecule has 2 N–H and O–H groups in total. The number of carboxylic acid groups (broad SMARTS) is 2. The Kier molecular flexibility index (Phi) is 8.10. The molecular formula is C4H4O6. The molecule has 0 unspecified atom stereocenters. The third kappa shape index (κ3) is 16.3. The van der Waals surface area contributed by atoms with E-state index < -0.39 is 11.9 Å². The van der Waals surface area contributed by atoms with Gasteiger partial charge in [0, 0.05) is 22.1 Å². The Balaban J connectivity index is 0. The lowest BCUT2D eigenvalue weighted by Gasteiger charge is -1.74. The minimum absolute atomic E-state index is 0.558. The molecule has 0 saturated carbocycles. The highest BCUT2D eigenvalue weighted by molar-refractivity contribution is 5.89. The maximum atomic E-state index is 9.55. The molecule has 0 fully saturated rings. The van der Waals surface area contributed by atoms with Crippen LogP contribution < -0.4 is 0 Å². The molecule has 0 aromatic rings. The number of carbonyl (C=O) groups is 2. The minimum atomic E-state index is -1.26. The minimum Gasteiger partial charge on any atom is -0.478 e. The van der Waals surface area contributed by atoms with E-state index >= 15 is 0 Å². The Morgan fingerprint density at radius 1 is 0.900 bits per heavy atom. The van der Waals surface area contributed by atoms with Crippen molar-refractivity contribution in [2.45, 2.75) is 0 Å². The highest BCUT2D eigenvalue weighted by atomic mass is 16.7. The first-order valence-corrected chi connectivity index (χ1v) is 1.93. The van der Waals surface area contributed by atoms with Gasteiger partial charge in [0.2, 0.25) is 0 Å². The molecular weight excluding hydrogens is 144 g/mol. The van der Waals surface area contributed by atoms with E-state index in [0.29, 0.717) is 12.2 Å². The fourth-order valence-electron chi connectivity index (χ4n) is 0.143. The van der Waals surface area contributed by atoms with Gasteiger partial charge in [-0.2, -0.15) is 0 Å². The summed E-state index contributed by atoms with van der Waals surface area (Å²) in [6, 6.07) is 0. The normalized spacial score (nSPS) is 8.00. The predicted molar refractivity (Wildman–Crippen MR) is 31.1 cm³/mol. The first-order chi connectivity index (χ1) is 4.63. The number of hydrogen-bond acceptors (Lipinski definition) is 4. The van der Waals surface area contributed by atoms with Crippen molar-refractivity contribution in [3.8, 4) is 0 Å². The van der Waals surface area contributed by atoms with Crippen molar-refractivity contribution in [2.75, 3.05) is 0 Å². The molecule has 0 spiro atoms. The van der Waals surface area contributed by atoms with Gasteiger partial charge < -0.3 is 10.2 Å². The van der Waals surface area contributed by atoms with Gasteiger partial charge >= 0.3 is 11.9 Å². The lowest BCUT2D eigenvalue weighted by atomic mass is 10.5. The lowest BCUT2D eigenvalue weighted by molar-refractivity contribution is -0.134. The number of rotatable bonds is 2. The van der Waals surface area contributed by atoms with Crippen LogP contribution in [0.2, 0.25) is 0 Å². The largest absolute Gasteiger partial charge is 0.478 e. The summed E-state index contributed by atoms with van der Waals surface area (Å²) in [6.45, 7) is 0. The molecule has 56 valence electrons. The van der Waals surface area contributed by atoms with Gasteiger partial charge in [-0.25, -0.2) is 9.59 Å². The second-order valence-corrected chi connectivity index (χ2v) is 1.01. The molecule has 0 amide bonds. The molecule has 0 heterocycles. The zero-order valence-corrected chi connectivity index (χ0v) is 4.68. The van der Waals surface area contributed by atoms with Crippen molar-refractivity contribution in [2.24, 2.45) is 0 Å². The van der Waals surface area contributed by atoms with Crippen molar-refractivity contribution < 1.29 is 19.8 Å². The molecule has 0 aliphatic carbocycles. The molecule has 0 atom stereocenters. The lowest BCUT2D eigenvalue weighted by Crippen LogP contribution is -1.91. The van der Waals surface area contributed by atoms with E-state index in [1.165, 1.54) is 0 Å². The summed E-state index contributed by atoms with van der Waals surface area (Å²) in [6.07, 6.45) is 1.12. The van der Waals surface area contributed by atoms with Gasteiger partial charge in [0.25, 0.3) is 0 Å². The van der Waals surface area contributed by atoms with Gasteiger partial charge in [0.1, 0.15) is 0 Å².